The SMILES string of the molecule is CC(C)(F)c1cc(NC(=O)Nc2ccc(-c3ccc(NCCN4CCOCC4)nc3)cc2)on1. The van der Waals surface area contributed by atoms with Gasteiger partial charge in [-0.1, -0.05) is 17.3 Å². The molecule has 2 aromatic heterocycles. The molecule has 0 saturated carbocycles. The summed E-state index contributed by atoms with van der Waals surface area (Å²) in [6.45, 7) is 8.06. The number of amides is 2. The normalized spacial score (nSPS) is 14.6. The molecule has 0 unspecified atom stereocenters. The van der Waals surface area contributed by atoms with E-state index in [-0.39, 0.29) is 11.6 Å². The van der Waals surface area contributed by atoms with Crippen molar-refractivity contribution in [3.8, 4) is 11.1 Å². The van der Waals surface area contributed by atoms with E-state index in [9.17, 15) is 9.18 Å². The number of alkyl halides is 1. The summed E-state index contributed by atoms with van der Waals surface area (Å²) in [4.78, 5) is 19.1. The molecule has 1 aliphatic rings. The van der Waals surface area contributed by atoms with Crippen molar-refractivity contribution in [2.24, 2.45) is 0 Å². The second kappa shape index (κ2) is 10.6. The Labute approximate surface area is 197 Å². The lowest BCUT2D eigenvalue weighted by Crippen LogP contribution is -2.39. The third kappa shape index (κ3) is 6.52. The van der Waals surface area contributed by atoms with Crippen molar-refractivity contribution in [3.63, 3.8) is 0 Å². The van der Waals surface area contributed by atoms with Crippen LogP contribution in [0.5, 0.6) is 0 Å². The van der Waals surface area contributed by atoms with Gasteiger partial charge in [-0.05, 0) is 43.7 Å². The molecular formula is C24H29FN6O3. The molecule has 3 aromatic rings. The van der Waals surface area contributed by atoms with Gasteiger partial charge in [0.15, 0.2) is 5.67 Å². The number of hydrogen-bond acceptors (Lipinski definition) is 7. The molecular weight excluding hydrogens is 439 g/mol. The highest BCUT2D eigenvalue weighted by atomic mass is 19.1. The summed E-state index contributed by atoms with van der Waals surface area (Å²) in [5.74, 6) is 0.901. The van der Waals surface area contributed by atoms with Crippen LogP contribution in [0.25, 0.3) is 11.1 Å². The van der Waals surface area contributed by atoms with Gasteiger partial charge in [-0.25, -0.2) is 14.2 Å². The highest BCUT2D eigenvalue weighted by molar-refractivity contribution is 5.99. The van der Waals surface area contributed by atoms with Crippen LogP contribution < -0.4 is 16.0 Å². The van der Waals surface area contributed by atoms with Gasteiger partial charge >= 0.3 is 6.03 Å². The van der Waals surface area contributed by atoms with Gasteiger partial charge in [0.05, 0.1) is 13.2 Å². The molecule has 180 valence electrons. The summed E-state index contributed by atoms with van der Waals surface area (Å²) in [5.41, 5.74) is 1.00. The third-order valence-corrected chi connectivity index (χ3v) is 5.43. The predicted octanol–water partition coefficient (Wildman–Crippen LogP) is 4.33. The molecule has 1 fully saturated rings. The van der Waals surface area contributed by atoms with Crippen LogP contribution in [0.3, 0.4) is 0 Å². The fourth-order valence-electron chi connectivity index (χ4n) is 3.47. The Bertz CT molecular complexity index is 1070. The Hall–Kier alpha value is -3.50. The van der Waals surface area contributed by atoms with Gasteiger partial charge < -0.3 is 19.9 Å². The number of morpholine rings is 1. The number of nitrogens with one attached hydrogen (secondary N) is 3. The van der Waals surface area contributed by atoms with E-state index < -0.39 is 11.7 Å². The number of pyridine rings is 1. The summed E-state index contributed by atoms with van der Waals surface area (Å²) in [6, 6.07) is 12.2. The molecule has 1 aliphatic heterocycles. The number of ether oxygens (including phenoxy) is 1. The van der Waals surface area contributed by atoms with Crippen LogP contribution in [0.2, 0.25) is 0 Å². The topological polar surface area (TPSA) is 105 Å². The molecule has 3 heterocycles. The van der Waals surface area contributed by atoms with Gasteiger partial charge in [0.25, 0.3) is 0 Å². The standard InChI is InChI=1S/C24H29FN6O3/c1-24(2,25)20-15-22(34-30-20)29-23(32)28-19-6-3-17(4-7-19)18-5-8-21(27-16-18)26-9-10-31-11-13-33-14-12-31/h3-8,15-16H,9-14H2,1-2H3,(H,26,27)(H2,28,29,32). The number of benzene rings is 1. The summed E-state index contributed by atoms with van der Waals surface area (Å²) in [6.07, 6.45) is 1.82. The number of rotatable bonds is 8. The van der Waals surface area contributed by atoms with Crippen LogP contribution in [0, 0.1) is 0 Å². The van der Waals surface area contributed by atoms with Crippen molar-refractivity contribution in [2.45, 2.75) is 19.5 Å². The number of carbonyl (C=O) groups is 1. The number of anilines is 3. The maximum absolute atomic E-state index is 13.9. The van der Waals surface area contributed by atoms with Gasteiger partial charge in [0.1, 0.15) is 11.5 Å². The highest BCUT2D eigenvalue weighted by Crippen LogP contribution is 2.26. The van der Waals surface area contributed by atoms with Crippen molar-refractivity contribution >= 4 is 23.4 Å². The fourth-order valence-corrected chi connectivity index (χ4v) is 3.47. The predicted molar refractivity (Wildman–Crippen MR) is 129 cm³/mol. The van der Waals surface area contributed by atoms with E-state index in [1.54, 1.807) is 12.1 Å². The Morgan fingerprint density at radius 2 is 1.82 bits per heavy atom. The van der Waals surface area contributed by atoms with E-state index in [2.05, 4.69) is 31.0 Å². The first kappa shape index (κ1) is 23.7. The van der Waals surface area contributed by atoms with E-state index in [4.69, 9.17) is 9.26 Å². The summed E-state index contributed by atoms with van der Waals surface area (Å²) in [7, 11) is 0. The third-order valence-electron chi connectivity index (χ3n) is 5.43. The monoisotopic (exact) mass is 468 g/mol. The van der Waals surface area contributed by atoms with E-state index in [1.807, 2.05) is 30.5 Å². The first-order chi connectivity index (χ1) is 16.4. The minimum atomic E-state index is -1.65. The van der Waals surface area contributed by atoms with Crippen LogP contribution in [-0.4, -0.2) is 60.5 Å². The molecule has 0 aliphatic carbocycles. The number of nitrogens with zero attached hydrogens (tertiary/aromatic N) is 3. The first-order valence-electron chi connectivity index (χ1n) is 11.2. The Morgan fingerprint density at radius 1 is 1.09 bits per heavy atom. The average Bonchev–Trinajstić information content (AvgIpc) is 3.30. The van der Waals surface area contributed by atoms with E-state index in [0.717, 1.165) is 56.3 Å². The molecule has 2 amide bonds. The number of hydrogen-bond donors (Lipinski definition) is 3. The van der Waals surface area contributed by atoms with E-state index in [0.29, 0.717) is 5.69 Å². The van der Waals surface area contributed by atoms with Crippen LogP contribution >= 0.6 is 0 Å². The van der Waals surface area contributed by atoms with Crippen molar-refractivity contribution in [1.29, 1.82) is 0 Å². The summed E-state index contributed by atoms with van der Waals surface area (Å²) >= 11 is 0. The summed E-state index contributed by atoms with van der Waals surface area (Å²) in [5, 5.41) is 12.2. The number of urea groups is 1. The zero-order chi connectivity index (χ0) is 24.0. The quantitative estimate of drug-likeness (QED) is 0.452. The lowest BCUT2D eigenvalue weighted by molar-refractivity contribution is 0.0398. The van der Waals surface area contributed by atoms with Crippen LogP contribution in [0.15, 0.2) is 53.2 Å². The maximum atomic E-state index is 13.9. The highest BCUT2D eigenvalue weighted by Gasteiger charge is 2.24. The molecule has 0 radical (unpaired) electrons. The van der Waals surface area contributed by atoms with E-state index in [1.165, 1.54) is 19.9 Å². The van der Waals surface area contributed by atoms with Gasteiger partial charge in [-0.15, -0.1) is 0 Å². The Morgan fingerprint density at radius 3 is 2.47 bits per heavy atom. The largest absolute Gasteiger partial charge is 0.379 e. The fraction of sp³-hybridized carbons (Fsp3) is 0.375. The molecule has 3 N–H and O–H groups in total. The molecule has 1 aromatic carbocycles. The molecule has 1 saturated heterocycles. The molecule has 34 heavy (non-hydrogen) atoms. The molecule has 10 heteroatoms. The second-order valence-electron chi connectivity index (χ2n) is 8.52. The molecule has 0 atom stereocenters. The average molecular weight is 469 g/mol. The maximum Gasteiger partial charge on any atom is 0.326 e. The van der Waals surface area contributed by atoms with Crippen LogP contribution in [0.4, 0.5) is 26.6 Å². The smallest absolute Gasteiger partial charge is 0.326 e. The zero-order valence-electron chi connectivity index (χ0n) is 19.3. The first-order valence-corrected chi connectivity index (χ1v) is 11.2. The lowest BCUT2D eigenvalue weighted by Gasteiger charge is -2.26. The van der Waals surface area contributed by atoms with Gasteiger partial charge in [0, 0.05) is 49.7 Å². The number of halogens is 1. The second-order valence-corrected chi connectivity index (χ2v) is 8.52. The van der Waals surface area contributed by atoms with Crippen molar-refractivity contribution in [1.82, 2.24) is 15.0 Å². The number of aromatic nitrogens is 2. The van der Waals surface area contributed by atoms with Crippen molar-refractivity contribution in [3.05, 3.63) is 54.4 Å². The van der Waals surface area contributed by atoms with E-state index >= 15 is 0 Å². The van der Waals surface area contributed by atoms with Crippen LogP contribution in [-0.2, 0) is 10.4 Å². The van der Waals surface area contributed by atoms with Crippen LogP contribution in [0.1, 0.15) is 19.5 Å². The Kier molecular flexibility index (Phi) is 7.39. The number of carbonyl (C=O) groups excluding carboxylic acids is 1. The summed E-state index contributed by atoms with van der Waals surface area (Å²) < 4.78 is 24.2. The Balaban J connectivity index is 1.26. The van der Waals surface area contributed by atoms with Crippen molar-refractivity contribution < 1.29 is 18.4 Å². The van der Waals surface area contributed by atoms with Gasteiger partial charge in [-0.3, -0.25) is 10.2 Å². The molecule has 0 spiro atoms. The lowest BCUT2D eigenvalue weighted by atomic mass is 10.1. The molecule has 4 rings (SSSR count). The minimum Gasteiger partial charge on any atom is -0.379 e. The van der Waals surface area contributed by atoms with Crippen molar-refractivity contribution in [2.75, 3.05) is 55.3 Å². The minimum absolute atomic E-state index is 0.0690. The zero-order valence-corrected chi connectivity index (χ0v) is 19.3. The van der Waals surface area contributed by atoms with Gasteiger partial charge in [0.2, 0.25) is 5.88 Å². The molecule has 0 bridgehead atoms. The molecule has 9 nitrogen and oxygen atoms in total. The van der Waals surface area contributed by atoms with Gasteiger partial charge in [-0.2, -0.15) is 0 Å².